The summed E-state index contributed by atoms with van der Waals surface area (Å²) in [5.41, 5.74) is 0. The summed E-state index contributed by atoms with van der Waals surface area (Å²) in [6, 6.07) is 0. The Balaban J connectivity index is 3.34. The third-order valence-electron chi connectivity index (χ3n) is 10.4. The number of allylic oxidation sites excluding steroid dienone is 6. The molecule has 336 valence electrons. The molecular formula is C48H92NO7P. The Bertz CT molecular complexity index is 1010. The number of phosphoric acid groups is 1. The zero-order chi connectivity index (χ0) is 42.0. The Morgan fingerprint density at radius 1 is 0.561 bits per heavy atom. The van der Waals surface area contributed by atoms with Gasteiger partial charge in [-0.05, 0) is 44.9 Å². The molecule has 2 atom stereocenters. The van der Waals surface area contributed by atoms with Crippen LogP contribution >= 0.6 is 7.82 Å². The number of phosphoric ester groups is 1. The first kappa shape index (κ1) is 55.7. The maximum atomic E-state index is 11.9. The molecule has 0 aliphatic heterocycles. The van der Waals surface area contributed by atoms with Crippen molar-refractivity contribution in [2.45, 2.75) is 218 Å². The summed E-state index contributed by atoms with van der Waals surface area (Å²) < 4.78 is 26.9. The number of nitrogens with zero attached hydrogens (tertiary/aromatic N) is 1. The largest absolute Gasteiger partial charge is 0.756 e. The predicted octanol–water partition coefficient (Wildman–Crippen LogP) is 13.3. The average molecular weight is 826 g/mol. The van der Waals surface area contributed by atoms with E-state index >= 15 is 0 Å². The number of hydrogen-bond donors (Lipinski definition) is 1. The fourth-order valence-electron chi connectivity index (χ4n) is 6.66. The summed E-state index contributed by atoms with van der Waals surface area (Å²) in [5, 5.41) is 9.90. The van der Waals surface area contributed by atoms with Crippen LogP contribution in [0.4, 0.5) is 0 Å². The third-order valence-corrected chi connectivity index (χ3v) is 11.4. The summed E-state index contributed by atoms with van der Waals surface area (Å²) >= 11 is 0. The number of likely N-dealkylation sites (N-methyl/N-ethyl adjacent to an activating group) is 1. The van der Waals surface area contributed by atoms with Crippen LogP contribution in [0, 0.1) is 0 Å². The second kappa shape index (κ2) is 41.5. The molecule has 0 heterocycles. The lowest BCUT2D eigenvalue weighted by Crippen LogP contribution is -2.37. The van der Waals surface area contributed by atoms with E-state index in [0.717, 1.165) is 32.1 Å². The molecule has 0 saturated carbocycles. The molecule has 0 aliphatic rings. The smallest absolute Gasteiger partial charge is 0.305 e. The molecule has 0 aromatic carbocycles. The zero-order valence-corrected chi connectivity index (χ0v) is 38.7. The molecule has 9 heteroatoms. The predicted molar refractivity (Wildman–Crippen MR) is 240 cm³/mol. The molecule has 0 bridgehead atoms. The molecule has 8 nitrogen and oxygen atoms in total. The maximum Gasteiger partial charge on any atom is 0.305 e. The number of rotatable bonds is 44. The minimum absolute atomic E-state index is 0.00698. The molecule has 1 N–H and O–H groups in total. The molecule has 0 aliphatic carbocycles. The van der Waals surface area contributed by atoms with Crippen molar-refractivity contribution in [1.29, 1.82) is 0 Å². The lowest BCUT2D eigenvalue weighted by Gasteiger charge is -2.27. The van der Waals surface area contributed by atoms with Gasteiger partial charge in [0.1, 0.15) is 25.9 Å². The first-order valence-electron chi connectivity index (χ1n) is 23.7. The van der Waals surface area contributed by atoms with E-state index in [0.29, 0.717) is 17.4 Å². The molecule has 0 aromatic heterocycles. The molecule has 0 rings (SSSR count). The first-order valence-corrected chi connectivity index (χ1v) is 25.2. The highest BCUT2D eigenvalue weighted by Gasteiger charge is 2.17. The fourth-order valence-corrected chi connectivity index (χ4v) is 7.40. The number of carbonyl (C=O) groups is 1. The number of ether oxygens (including phenoxy) is 1. The van der Waals surface area contributed by atoms with Gasteiger partial charge in [0.25, 0.3) is 7.82 Å². The summed E-state index contributed by atoms with van der Waals surface area (Å²) in [7, 11) is 1.26. The van der Waals surface area contributed by atoms with Gasteiger partial charge in [-0.3, -0.25) is 9.36 Å². The molecular weight excluding hydrogens is 734 g/mol. The van der Waals surface area contributed by atoms with Crippen LogP contribution in [-0.2, 0) is 23.1 Å². The van der Waals surface area contributed by atoms with Crippen molar-refractivity contribution in [2.75, 3.05) is 47.5 Å². The number of hydrogen-bond acceptors (Lipinski definition) is 7. The van der Waals surface area contributed by atoms with Crippen molar-refractivity contribution in [3.63, 3.8) is 0 Å². The van der Waals surface area contributed by atoms with Crippen LogP contribution in [0.2, 0.25) is 0 Å². The van der Waals surface area contributed by atoms with Gasteiger partial charge in [0.05, 0.1) is 27.7 Å². The number of esters is 1. The van der Waals surface area contributed by atoms with Crippen molar-refractivity contribution in [2.24, 2.45) is 0 Å². The standard InChI is InChI=1S/C48H92NO7P/c1-5-6-7-8-9-10-11-12-13-14-15-16-17-18-19-20-21-22-23-24-25-26-27-28-29-30-31-32-33-34-35-36-37-38-39-40-41-42-48(51)54-45-47(50)46-56-57(52,53)55-44-43-49(2,3)4/h11-12,14-15,17-18,47,50H,5-10,13,16,19-46H2,1-4H3/b12-11-,15-14-,18-17-. The van der Waals surface area contributed by atoms with Gasteiger partial charge in [0.15, 0.2) is 0 Å². The van der Waals surface area contributed by atoms with E-state index in [1.807, 2.05) is 21.1 Å². The Morgan fingerprint density at radius 3 is 1.33 bits per heavy atom. The summed E-state index contributed by atoms with van der Waals surface area (Å²) in [4.78, 5) is 23.7. The number of aliphatic hydroxyl groups excluding tert-OH is 1. The molecule has 0 fully saturated rings. The van der Waals surface area contributed by atoms with E-state index in [2.05, 4.69) is 43.4 Å². The van der Waals surface area contributed by atoms with Crippen molar-refractivity contribution in [3.05, 3.63) is 36.5 Å². The Hall–Kier alpha value is -1.28. The summed E-state index contributed by atoms with van der Waals surface area (Å²) in [6.45, 7) is 1.96. The van der Waals surface area contributed by atoms with Gasteiger partial charge in [-0.15, -0.1) is 0 Å². The SMILES string of the molecule is CCCCCCC/C=C\C/C=C\C/C=C\CCCCCCCCCCCCCCCCCCCCCCCCC(=O)OCC(O)COP(=O)([O-])OCC[N+](C)(C)C. The Morgan fingerprint density at radius 2 is 0.930 bits per heavy atom. The van der Waals surface area contributed by atoms with Gasteiger partial charge in [-0.25, -0.2) is 0 Å². The van der Waals surface area contributed by atoms with E-state index in [9.17, 15) is 19.4 Å². The first-order chi connectivity index (χ1) is 27.6. The number of unbranched alkanes of at least 4 members (excludes halogenated alkanes) is 27. The molecule has 0 spiro atoms. The topological polar surface area (TPSA) is 105 Å². The monoisotopic (exact) mass is 826 g/mol. The van der Waals surface area contributed by atoms with Crippen LogP contribution in [0.15, 0.2) is 36.5 Å². The molecule has 2 unspecified atom stereocenters. The highest BCUT2D eigenvalue weighted by molar-refractivity contribution is 7.45. The summed E-state index contributed by atoms with van der Waals surface area (Å²) in [5.74, 6) is -0.383. The highest BCUT2D eigenvalue weighted by atomic mass is 31.2. The van der Waals surface area contributed by atoms with Crippen LogP contribution in [0.5, 0.6) is 0 Å². The summed E-state index contributed by atoms with van der Waals surface area (Å²) in [6.07, 6.45) is 53.5. The minimum Gasteiger partial charge on any atom is -0.756 e. The Kier molecular flexibility index (Phi) is 40.5. The van der Waals surface area contributed by atoms with E-state index in [1.54, 1.807) is 0 Å². The molecule has 57 heavy (non-hydrogen) atoms. The van der Waals surface area contributed by atoms with Gasteiger partial charge >= 0.3 is 5.97 Å². The van der Waals surface area contributed by atoms with Crippen LogP contribution in [-0.4, -0.2) is 69.2 Å². The number of quaternary nitrogens is 1. The second-order valence-electron chi connectivity index (χ2n) is 17.3. The number of aliphatic hydroxyl groups is 1. The normalized spacial score (nSPS) is 14.0. The molecule has 0 amide bonds. The average Bonchev–Trinajstić information content (AvgIpc) is 3.17. The van der Waals surface area contributed by atoms with Crippen molar-refractivity contribution < 1.29 is 37.6 Å². The molecule has 0 saturated heterocycles. The van der Waals surface area contributed by atoms with E-state index in [1.165, 1.54) is 167 Å². The fraction of sp³-hybridized carbons (Fsp3) is 0.854. The van der Waals surface area contributed by atoms with Crippen LogP contribution in [0.3, 0.4) is 0 Å². The minimum atomic E-state index is -4.50. The van der Waals surface area contributed by atoms with Crippen molar-refractivity contribution in [1.82, 2.24) is 0 Å². The Labute approximate surface area is 352 Å². The van der Waals surface area contributed by atoms with Crippen molar-refractivity contribution >= 4 is 13.8 Å². The van der Waals surface area contributed by atoms with Crippen LogP contribution < -0.4 is 4.89 Å². The lowest BCUT2D eigenvalue weighted by molar-refractivity contribution is -0.870. The second-order valence-corrected chi connectivity index (χ2v) is 18.7. The van der Waals surface area contributed by atoms with Crippen LogP contribution in [0.1, 0.15) is 212 Å². The van der Waals surface area contributed by atoms with Crippen LogP contribution in [0.25, 0.3) is 0 Å². The lowest BCUT2D eigenvalue weighted by atomic mass is 10.0. The maximum absolute atomic E-state index is 11.9. The van der Waals surface area contributed by atoms with Gasteiger partial charge < -0.3 is 28.3 Å². The van der Waals surface area contributed by atoms with Gasteiger partial charge in [-0.1, -0.05) is 197 Å². The van der Waals surface area contributed by atoms with Crippen molar-refractivity contribution in [3.8, 4) is 0 Å². The van der Waals surface area contributed by atoms with E-state index in [-0.39, 0.29) is 19.2 Å². The zero-order valence-electron chi connectivity index (χ0n) is 37.8. The van der Waals surface area contributed by atoms with E-state index < -0.39 is 20.5 Å². The molecule has 0 radical (unpaired) electrons. The van der Waals surface area contributed by atoms with Gasteiger partial charge in [-0.2, -0.15) is 0 Å². The van der Waals surface area contributed by atoms with E-state index in [4.69, 9.17) is 13.8 Å². The third kappa shape index (κ3) is 47.3. The quantitative estimate of drug-likeness (QED) is 0.0214. The number of carbonyl (C=O) groups excluding carboxylic acids is 1. The molecule has 0 aromatic rings. The van der Waals surface area contributed by atoms with Gasteiger partial charge in [0, 0.05) is 6.42 Å². The highest BCUT2D eigenvalue weighted by Crippen LogP contribution is 2.38. The van der Waals surface area contributed by atoms with Gasteiger partial charge in [0.2, 0.25) is 0 Å².